The van der Waals surface area contributed by atoms with Crippen molar-refractivity contribution >= 4 is 44.9 Å². The van der Waals surface area contributed by atoms with Crippen molar-refractivity contribution in [1.82, 2.24) is 4.90 Å². The zero-order chi connectivity index (χ0) is 27.1. The van der Waals surface area contributed by atoms with Crippen molar-refractivity contribution in [2.75, 3.05) is 5.75 Å². The summed E-state index contributed by atoms with van der Waals surface area (Å²) in [5.41, 5.74) is 0.492. The van der Waals surface area contributed by atoms with Gasteiger partial charge in [-0.05, 0) is 74.4 Å². The maximum atomic E-state index is 14.3. The van der Waals surface area contributed by atoms with Crippen LogP contribution in [0.15, 0.2) is 48.5 Å². The molecule has 200 valence electrons. The summed E-state index contributed by atoms with van der Waals surface area (Å²) in [6.07, 6.45) is 1.59. The molecule has 1 aliphatic heterocycles. The SMILES string of the molecule is CC(C)S(=O)(=O)CC(C1CC1)N1C(=O)[C@@](C)(CC(=O)O)C[C@H](c2cccc(Cl)c2)[C@H]1c1ccc(Cl)cc1. The fourth-order valence-corrected chi connectivity index (χ4v) is 7.22. The van der Waals surface area contributed by atoms with Crippen molar-refractivity contribution < 1.29 is 23.1 Å². The first kappa shape index (κ1) is 27.9. The summed E-state index contributed by atoms with van der Waals surface area (Å²) in [6.45, 7) is 4.99. The molecule has 2 aromatic carbocycles. The van der Waals surface area contributed by atoms with Gasteiger partial charge in [-0.2, -0.15) is 0 Å². The predicted octanol–water partition coefficient (Wildman–Crippen LogP) is 6.13. The number of halogens is 2. The van der Waals surface area contributed by atoms with Gasteiger partial charge in [0.25, 0.3) is 0 Å². The minimum absolute atomic E-state index is 0.0412. The number of nitrogens with zero attached hydrogens (tertiary/aromatic N) is 1. The number of amides is 1. The lowest BCUT2D eigenvalue weighted by Crippen LogP contribution is -2.58. The number of carbonyl (C=O) groups excluding carboxylic acids is 1. The Hall–Kier alpha value is -2.09. The van der Waals surface area contributed by atoms with E-state index in [0.717, 1.165) is 24.0 Å². The summed E-state index contributed by atoms with van der Waals surface area (Å²) in [4.78, 5) is 28.0. The van der Waals surface area contributed by atoms with Crippen molar-refractivity contribution in [2.45, 2.75) is 69.7 Å². The molecule has 4 atom stereocenters. The highest BCUT2D eigenvalue weighted by Gasteiger charge is 2.55. The molecule has 0 spiro atoms. The topological polar surface area (TPSA) is 91.8 Å². The molecule has 0 bridgehead atoms. The molecule has 1 N–H and O–H groups in total. The molecule has 37 heavy (non-hydrogen) atoms. The number of carboxylic acid groups (broad SMARTS) is 1. The summed E-state index contributed by atoms with van der Waals surface area (Å²) in [7, 11) is -3.49. The van der Waals surface area contributed by atoms with Crippen molar-refractivity contribution in [1.29, 1.82) is 0 Å². The molecule has 1 saturated carbocycles. The number of sulfone groups is 1. The van der Waals surface area contributed by atoms with E-state index in [1.807, 2.05) is 30.3 Å². The number of carbonyl (C=O) groups is 2. The molecule has 6 nitrogen and oxygen atoms in total. The Kier molecular flexibility index (Phi) is 7.99. The summed E-state index contributed by atoms with van der Waals surface area (Å²) in [5.74, 6) is -1.80. The lowest BCUT2D eigenvalue weighted by Gasteiger charge is -2.52. The number of aliphatic carboxylic acids is 1. The number of piperidine rings is 1. The Balaban J connectivity index is 1.93. The van der Waals surface area contributed by atoms with Gasteiger partial charge in [0.05, 0.1) is 28.9 Å². The van der Waals surface area contributed by atoms with Crippen LogP contribution in [0.3, 0.4) is 0 Å². The third-order valence-electron chi connectivity index (χ3n) is 7.78. The molecule has 2 aliphatic rings. The molecule has 1 amide bonds. The van der Waals surface area contributed by atoms with Crippen LogP contribution in [0.25, 0.3) is 0 Å². The van der Waals surface area contributed by atoms with Gasteiger partial charge in [0.2, 0.25) is 5.91 Å². The normalized spacial score (nSPS) is 25.4. The summed E-state index contributed by atoms with van der Waals surface area (Å²) in [6, 6.07) is 13.6. The molecule has 4 rings (SSSR count). The van der Waals surface area contributed by atoms with E-state index in [2.05, 4.69) is 0 Å². The molecule has 1 heterocycles. The molecule has 1 aliphatic carbocycles. The van der Waals surface area contributed by atoms with Gasteiger partial charge >= 0.3 is 5.97 Å². The lowest BCUT2D eigenvalue weighted by molar-refractivity contribution is -0.160. The largest absolute Gasteiger partial charge is 0.481 e. The highest BCUT2D eigenvalue weighted by atomic mass is 35.5. The smallest absolute Gasteiger partial charge is 0.304 e. The minimum Gasteiger partial charge on any atom is -0.481 e. The van der Waals surface area contributed by atoms with Gasteiger partial charge in [0, 0.05) is 22.0 Å². The highest BCUT2D eigenvalue weighted by molar-refractivity contribution is 7.92. The Bertz CT molecular complexity index is 1280. The first-order valence-corrected chi connectivity index (χ1v) is 15.1. The average molecular weight is 567 g/mol. The van der Waals surface area contributed by atoms with E-state index in [0.29, 0.717) is 10.0 Å². The van der Waals surface area contributed by atoms with Gasteiger partial charge in [-0.25, -0.2) is 8.42 Å². The van der Waals surface area contributed by atoms with Crippen LogP contribution in [-0.2, 0) is 19.4 Å². The Labute approximate surface area is 228 Å². The van der Waals surface area contributed by atoms with Crippen LogP contribution in [-0.4, -0.2) is 47.3 Å². The van der Waals surface area contributed by atoms with E-state index in [1.165, 1.54) is 0 Å². The van der Waals surface area contributed by atoms with Gasteiger partial charge in [-0.15, -0.1) is 0 Å². The van der Waals surface area contributed by atoms with Crippen LogP contribution in [0, 0.1) is 11.3 Å². The molecule has 9 heteroatoms. The maximum Gasteiger partial charge on any atom is 0.304 e. The number of hydrogen-bond acceptors (Lipinski definition) is 4. The van der Waals surface area contributed by atoms with E-state index in [9.17, 15) is 23.1 Å². The third-order valence-corrected chi connectivity index (χ3v) is 10.5. The molecule has 0 aromatic heterocycles. The van der Waals surface area contributed by atoms with E-state index in [4.69, 9.17) is 23.2 Å². The van der Waals surface area contributed by atoms with Crippen molar-refractivity contribution in [2.24, 2.45) is 11.3 Å². The standard InChI is InChI=1S/C28H33Cl2NO5S/c1-17(2)37(35,36)16-24(18-7-8-18)31-26(19-9-11-21(29)12-10-19)23(20-5-4-6-22(30)13-20)14-28(3,27(31)34)15-25(32)33/h4-6,9-13,17-18,23-24,26H,7-8,14-16H2,1-3H3,(H,32,33)/t23-,24?,26-,28-/m1/s1. The van der Waals surface area contributed by atoms with E-state index in [-0.39, 0.29) is 36.3 Å². The second-order valence-corrected chi connectivity index (χ2v) is 14.5. The summed E-state index contributed by atoms with van der Waals surface area (Å²) < 4.78 is 26.4. The molecule has 2 aromatic rings. The van der Waals surface area contributed by atoms with Crippen LogP contribution < -0.4 is 0 Å². The van der Waals surface area contributed by atoms with Crippen LogP contribution in [0.5, 0.6) is 0 Å². The van der Waals surface area contributed by atoms with Crippen molar-refractivity contribution in [3.05, 3.63) is 69.7 Å². The molecule has 1 saturated heterocycles. The molecule has 0 radical (unpaired) electrons. The van der Waals surface area contributed by atoms with Crippen LogP contribution in [0.2, 0.25) is 10.0 Å². The van der Waals surface area contributed by atoms with Gasteiger partial charge in [-0.3, -0.25) is 9.59 Å². The molecule has 2 fully saturated rings. The van der Waals surface area contributed by atoms with Crippen molar-refractivity contribution in [3.8, 4) is 0 Å². The fourth-order valence-electron chi connectivity index (χ4n) is 5.60. The van der Waals surface area contributed by atoms with Gasteiger partial charge in [0.1, 0.15) is 0 Å². The highest BCUT2D eigenvalue weighted by Crippen LogP contribution is 2.54. The number of likely N-dealkylation sites (tertiary alicyclic amines) is 1. The molecular formula is C28H33Cl2NO5S. The van der Waals surface area contributed by atoms with E-state index < -0.39 is 38.6 Å². The number of benzene rings is 2. The van der Waals surface area contributed by atoms with Crippen molar-refractivity contribution in [3.63, 3.8) is 0 Å². The summed E-state index contributed by atoms with van der Waals surface area (Å²) >= 11 is 12.6. The van der Waals surface area contributed by atoms with Crippen LogP contribution >= 0.6 is 23.2 Å². The van der Waals surface area contributed by atoms with Crippen LogP contribution in [0.4, 0.5) is 0 Å². The zero-order valence-electron chi connectivity index (χ0n) is 21.2. The van der Waals surface area contributed by atoms with Crippen LogP contribution in [0.1, 0.15) is 69.5 Å². The average Bonchev–Trinajstić information content (AvgIpc) is 3.65. The first-order chi connectivity index (χ1) is 17.3. The second-order valence-electron chi connectivity index (χ2n) is 11.0. The number of rotatable bonds is 9. The maximum absolute atomic E-state index is 14.3. The Morgan fingerprint density at radius 3 is 2.27 bits per heavy atom. The quantitative estimate of drug-likeness (QED) is 0.394. The first-order valence-electron chi connectivity index (χ1n) is 12.6. The third kappa shape index (κ3) is 5.99. The minimum atomic E-state index is -3.49. The van der Waals surface area contributed by atoms with E-state index in [1.54, 1.807) is 43.9 Å². The Morgan fingerprint density at radius 1 is 1.08 bits per heavy atom. The summed E-state index contributed by atoms with van der Waals surface area (Å²) in [5, 5.41) is 10.3. The van der Waals surface area contributed by atoms with E-state index >= 15 is 0 Å². The lowest BCUT2D eigenvalue weighted by atomic mass is 9.67. The monoisotopic (exact) mass is 565 g/mol. The van der Waals surface area contributed by atoms with Gasteiger partial charge < -0.3 is 10.0 Å². The Morgan fingerprint density at radius 2 is 1.73 bits per heavy atom. The predicted molar refractivity (Wildman–Crippen MR) is 146 cm³/mol. The second kappa shape index (κ2) is 10.6. The number of carboxylic acids is 1. The molecular weight excluding hydrogens is 533 g/mol. The van der Waals surface area contributed by atoms with Gasteiger partial charge in [-0.1, -0.05) is 54.4 Å². The fraction of sp³-hybridized carbons (Fsp3) is 0.500. The zero-order valence-corrected chi connectivity index (χ0v) is 23.6. The number of hydrogen-bond donors (Lipinski definition) is 1. The molecule has 1 unspecified atom stereocenters. The van der Waals surface area contributed by atoms with Gasteiger partial charge in [0.15, 0.2) is 9.84 Å².